The molecule has 1 heterocycles. The van der Waals surface area contributed by atoms with Crippen LogP contribution in [0.1, 0.15) is 58.1 Å². The first-order valence-corrected chi connectivity index (χ1v) is 11.9. The molecule has 32 heavy (non-hydrogen) atoms. The van der Waals surface area contributed by atoms with Gasteiger partial charge < -0.3 is 19.7 Å². The highest BCUT2D eigenvalue weighted by atomic mass is 16.6. The molecular weight excluding hydrogens is 404 g/mol. The van der Waals surface area contributed by atoms with Crippen molar-refractivity contribution in [3.8, 4) is 0 Å². The molecule has 0 radical (unpaired) electrons. The minimum Gasteiger partial charge on any atom is -0.443 e. The van der Waals surface area contributed by atoms with Gasteiger partial charge in [0.25, 0.3) is 0 Å². The summed E-state index contributed by atoms with van der Waals surface area (Å²) in [6, 6.07) is 6.50. The third-order valence-corrected chi connectivity index (χ3v) is 5.76. The number of rotatable bonds is 7. The number of carbonyl (C=O) groups is 1. The average Bonchev–Trinajstić information content (AvgIpc) is 3.43. The fourth-order valence-corrected chi connectivity index (χ4v) is 4.16. The summed E-state index contributed by atoms with van der Waals surface area (Å²) in [7, 11) is 1.76. The molecule has 1 aromatic rings. The van der Waals surface area contributed by atoms with Gasteiger partial charge in [-0.25, -0.2) is 9.79 Å². The maximum Gasteiger partial charge on any atom is 0.415 e. The zero-order chi connectivity index (χ0) is 23.3. The topological polar surface area (TPSA) is 66.4 Å². The van der Waals surface area contributed by atoms with Crippen molar-refractivity contribution in [1.82, 2.24) is 10.2 Å². The molecule has 1 aliphatic carbocycles. The lowest BCUT2D eigenvalue weighted by molar-refractivity contribution is 0.0577. The Balaban J connectivity index is 1.71. The summed E-state index contributed by atoms with van der Waals surface area (Å²) < 4.78 is 11.0. The van der Waals surface area contributed by atoms with Crippen molar-refractivity contribution < 1.29 is 14.3 Å². The number of methoxy groups -OCH3 is 1. The van der Waals surface area contributed by atoms with Gasteiger partial charge in [0, 0.05) is 38.7 Å². The molecular formula is C25H40N4O3. The highest BCUT2D eigenvalue weighted by molar-refractivity contribution is 5.90. The number of benzene rings is 1. The Morgan fingerprint density at radius 1 is 1.28 bits per heavy atom. The minimum absolute atomic E-state index is 0.239. The maximum atomic E-state index is 12.8. The smallest absolute Gasteiger partial charge is 0.415 e. The normalized spacial score (nSPS) is 19.2. The lowest BCUT2D eigenvalue weighted by Crippen LogP contribution is -2.40. The third-order valence-electron chi connectivity index (χ3n) is 5.76. The van der Waals surface area contributed by atoms with E-state index in [-0.39, 0.29) is 12.1 Å². The van der Waals surface area contributed by atoms with Gasteiger partial charge in [-0.2, -0.15) is 0 Å². The lowest BCUT2D eigenvalue weighted by Gasteiger charge is -2.28. The number of ether oxygens (including phenoxy) is 2. The first-order valence-electron chi connectivity index (χ1n) is 11.9. The molecule has 2 aliphatic rings. The van der Waals surface area contributed by atoms with E-state index >= 15 is 0 Å². The van der Waals surface area contributed by atoms with E-state index in [0.29, 0.717) is 12.5 Å². The zero-order valence-corrected chi connectivity index (χ0v) is 20.6. The molecule has 1 unspecified atom stereocenters. The Morgan fingerprint density at radius 2 is 2.03 bits per heavy atom. The van der Waals surface area contributed by atoms with E-state index in [4.69, 9.17) is 14.5 Å². The van der Waals surface area contributed by atoms with Gasteiger partial charge in [0.1, 0.15) is 5.60 Å². The quantitative estimate of drug-likeness (QED) is 0.501. The van der Waals surface area contributed by atoms with Crippen LogP contribution < -0.4 is 10.2 Å². The summed E-state index contributed by atoms with van der Waals surface area (Å²) in [4.78, 5) is 21.9. The first-order chi connectivity index (χ1) is 15.2. The molecule has 1 aliphatic heterocycles. The Bertz CT molecular complexity index is 814. The van der Waals surface area contributed by atoms with Crippen molar-refractivity contribution >= 4 is 17.7 Å². The number of guanidine groups is 1. The molecule has 178 valence electrons. The second-order valence-electron chi connectivity index (χ2n) is 9.93. The van der Waals surface area contributed by atoms with Crippen molar-refractivity contribution in [1.29, 1.82) is 0 Å². The molecule has 1 amide bonds. The van der Waals surface area contributed by atoms with E-state index in [1.165, 1.54) is 0 Å². The number of nitrogens with one attached hydrogen (secondary N) is 1. The van der Waals surface area contributed by atoms with Gasteiger partial charge in [0.2, 0.25) is 0 Å². The average molecular weight is 445 g/mol. The van der Waals surface area contributed by atoms with Gasteiger partial charge >= 0.3 is 6.09 Å². The molecule has 7 heteroatoms. The standard InChI is InChI=1S/C25H40N4O3/c1-7-26-23(28-13-12-20(16-28)17-31-6)27-15-19-8-11-22(18(2)14-19)29(21-9-10-21)24(30)32-25(3,4)5/h8,11,14,20-21H,7,9-10,12-13,15-17H2,1-6H3,(H,26,27). The van der Waals surface area contributed by atoms with Crippen LogP contribution in [0, 0.1) is 12.8 Å². The predicted molar refractivity (Wildman–Crippen MR) is 129 cm³/mol. The Morgan fingerprint density at radius 3 is 2.62 bits per heavy atom. The Kier molecular flexibility index (Phi) is 8.04. The summed E-state index contributed by atoms with van der Waals surface area (Å²) in [6.07, 6.45) is 2.92. The second kappa shape index (κ2) is 10.6. The maximum absolute atomic E-state index is 12.8. The molecule has 0 aromatic heterocycles. The van der Waals surface area contributed by atoms with Crippen molar-refractivity contribution in [2.45, 2.75) is 72.1 Å². The van der Waals surface area contributed by atoms with E-state index in [1.54, 1.807) is 7.11 Å². The van der Waals surface area contributed by atoms with Crippen molar-refractivity contribution in [3.63, 3.8) is 0 Å². The number of nitrogens with zero attached hydrogens (tertiary/aromatic N) is 3. The molecule has 7 nitrogen and oxygen atoms in total. The monoisotopic (exact) mass is 444 g/mol. The fourth-order valence-electron chi connectivity index (χ4n) is 4.16. The zero-order valence-electron chi connectivity index (χ0n) is 20.6. The van der Waals surface area contributed by atoms with Gasteiger partial charge in [0.15, 0.2) is 5.96 Å². The molecule has 1 N–H and O–H groups in total. The number of carbonyl (C=O) groups excluding carboxylic acids is 1. The predicted octanol–water partition coefficient (Wildman–Crippen LogP) is 4.33. The fraction of sp³-hybridized carbons (Fsp3) is 0.680. The Labute approximate surface area is 193 Å². The van der Waals surface area contributed by atoms with Gasteiger partial charge in [-0.05, 0) is 71.1 Å². The van der Waals surface area contributed by atoms with Crippen LogP contribution in [0.4, 0.5) is 10.5 Å². The second-order valence-corrected chi connectivity index (χ2v) is 9.93. The van der Waals surface area contributed by atoms with Crippen molar-refractivity contribution in [3.05, 3.63) is 29.3 Å². The number of aryl methyl sites for hydroxylation is 1. The minimum atomic E-state index is -0.507. The lowest BCUT2D eigenvalue weighted by atomic mass is 10.1. The summed E-state index contributed by atoms with van der Waals surface area (Å²) in [5.74, 6) is 1.52. The van der Waals surface area contributed by atoms with Crippen LogP contribution >= 0.6 is 0 Å². The van der Waals surface area contributed by atoms with Gasteiger partial charge in [-0.3, -0.25) is 4.90 Å². The summed E-state index contributed by atoms with van der Waals surface area (Å²) in [6.45, 7) is 14.1. The van der Waals surface area contributed by atoms with E-state index in [9.17, 15) is 4.79 Å². The van der Waals surface area contributed by atoms with E-state index in [1.807, 2.05) is 31.7 Å². The number of anilines is 1. The van der Waals surface area contributed by atoms with Crippen LogP contribution in [0.5, 0.6) is 0 Å². The van der Waals surface area contributed by atoms with Crippen LogP contribution in [0.25, 0.3) is 0 Å². The molecule has 2 fully saturated rings. The van der Waals surface area contributed by atoms with E-state index in [2.05, 4.69) is 36.2 Å². The highest BCUT2D eigenvalue weighted by Gasteiger charge is 2.37. The number of hydrogen-bond acceptors (Lipinski definition) is 4. The SMILES string of the molecule is CCNC(=NCc1ccc(N(C(=O)OC(C)(C)C)C2CC2)c(C)c1)N1CCC(COC)C1. The highest BCUT2D eigenvalue weighted by Crippen LogP contribution is 2.35. The number of aliphatic imine (C=N–C) groups is 1. The first kappa shape index (κ1) is 24.4. The van der Waals surface area contributed by atoms with Gasteiger partial charge in [-0.1, -0.05) is 12.1 Å². The number of amides is 1. The van der Waals surface area contributed by atoms with Gasteiger partial charge in [0.05, 0.1) is 18.8 Å². The van der Waals surface area contributed by atoms with Crippen molar-refractivity contribution in [2.75, 3.05) is 38.3 Å². The molecule has 3 rings (SSSR count). The van der Waals surface area contributed by atoms with Crippen LogP contribution in [-0.2, 0) is 16.0 Å². The summed E-state index contributed by atoms with van der Waals surface area (Å²) in [5, 5.41) is 3.43. The Hall–Kier alpha value is -2.28. The largest absolute Gasteiger partial charge is 0.443 e. The van der Waals surface area contributed by atoms with Crippen molar-refractivity contribution in [2.24, 2.45) is 10.9 Å². The molecule has 0 bridgehead atoms. The van der Waals surface area contributed by atoms with Crippen LogP contribution in [-0.4, -0.2) is 61.9 Å². The number of hydrogen-bond donors (Lipinski definition) is 1. The summed E-state index contributed by atoms with van der Waals surface area (Å²) in [5.41, 5.74) is 2.63. The molecule has 1 atom stereocenters. The van der Waals surface area contributed by atoms with Crippen LogP contribution in [0.15, 0.2) is 23.2 Å². The third kappa shape index (κ3) is 6.61. The van der Waals surface area contributed by atoms with E-state index in [0.717, 1.165) is 68.3 Å². The van der Waals surface area contributed by atoms with Crippen LogP contribution in [0.2, 0.25) is 0 Å². The molecule has 1 saturated carbocycles. The van der Waals surface area contributed by atoms with E-state index < -0.39 is 5.60 Å². The summed E-state index contributed by atoms with van der Waals surface area (Å²) >= 11 is 0. The van der Waals surface area contributed by atoms with Crippen LogP contribution in [0.3, 0.4) is 0 Å². The molecule has 1 aromatic carbocycles. The van der Waals surface area contributed by atoms with Gasteiger partial charge in [-0.15, -0.1) is 0 Å². The number of likely N-dealkylation sites (tertiary alicyclic amines) is 1. The molecule has 1 saturated heterocycles. The molecule has 0 spiro atoms.